The van der Waals surface area contributed by atoms with Gasteiger partial charge in [0.25, 0.3) is 5.91 Å². The molecular formula is C20H20N2O2S2. The summed E-state index contributed by atoms with van der Waals surface area (Å²) in [5, 5.41) is 3.70. The number of anilines is 1. The van der Waals surface area contributed by atoms with Crippen LogP contribution in [0.3, 0.4) is 0 Å². The highest BCUT2D eigenvalue weighted by Gasteiger charge is 2.16. The van der Waals surface area contributed by atoms with Crippen molar-refractivity contribution in [1.82, 2.24) is 4.98 Å². The van der Waals surface area contributed by atoms with Crippen molar-refractivity contribution in [2.24, 2.45) is 0 Å². The molecular weight excluding hydrogens is 364 g/mol. The van der Waals surface area contributed by atoms with E-state index < -0.39 is 0 Å². The molecule has 4 nitrogen and oxygen atoms in total. The summed E-state index contributed by atoms with van der Waals surface area (Å²) in [5.74, 6) is 1.42. The molecule has 6 heteroatoms. The summed E-state index contributed by atoms with van der Waals surface area (Å²) in [5.41, 5.74) is 2.94. The molecule has 0 radical (unpaired) electrons. The van der Waals surface area contributed by atoms with Crippen molar-refractivity contribution < 1.29 is 9.53 Å². The highest BCUT2D eigenvalue weighted by Crippen LogP contribution is 2.37. The molecule has 2 aromatic carbocycles. The van der Waals surface area contributed by atoms with Gasteiger partial charge >= 0.3 is 0 Å². The fourth-order valence-electron chi connectivity index (χ4n) is 2.31. The maximum atomic E-state index is 12.3. The van der Waals surface area contributed by atoms with Crippen LogP contribution in [0.25, 0.3) is 11.3 Å². The summed E-state index contributed by atoms with van der Waals surface area (Å²) in [7, 11) is 0. The Balaban J connectivity index is 1.71. The number of benzene rings is 2. The number of thioether (sulfide) groups is 1. The minimum absolute atomic E-state index is 0.0363. The summed E-state index contributed by atoms with van der Waals surface area (Å²) >= 11 is 3.16. The van der Waals surface area contributed by atoms with Gasteiger partial charge in [0, 0.05) is 5.56 Å². The van der Waals surface area contributed by atoms with Crippen molar-refractivity contribution in [2.45, 2.75) is 18.2 Å². The molecule has 0 saturated carbocycles. The average molecular weight is 385 g/mol. The van der Waals surface area contributed by atoms with Gasteiger partial charge in [0.2, 0.25) is 0 Å². The molecule has 1 amide bonds. The zero-order valence-corrected chi connectivity index (χ0v) is 16.3. The lowest BCUT2D eigenvalue weighted by Gasteiger charge is -2.07. The number of hydrogen-bond donors (Lipinski definition) is 1. The van der Waals surface area contributed by atoms with Crippen molar-refractivity contribution in [3.05, 3.63) is 60.2 Å². The van der Waals surface area contributed by atoms with Crippen LogP contribution in [0.4, 0.5) is 5.00 Å². The van der Waals surface area contributed by atoms with Crippen molar-refractivity contribution in [3.8, 4) is 17.0 Å². The first-order valence-corrected chi connectivity index (χ1v) is 10.1. The maximum Gasteiger partial charge on any atom is 0.262 e. The number of nitrogens with zero attached hydrogens (tertiary/aromatic N) is 1. The van der Waals surface area contributed by atoms with E-state index in [-0.39, 0.29) is 12.5 Å². The Bertz CT molecular complexity index is 861. The van der Waals surface area contributed by atoms with E-state index in [1.165, 1.54) is 11.3 Å². The third-order valence-electron chi connectivity index (χ3n) is 3.57. The van der Waals surface area contributed by atoms with Crippen LogP contribution < -0.4 is 10.1 Å². The van der Waals surface area contributed by atoms with Gasteiger partial charge in [0.15, 0.2) is 10.9 Å². The number of carbonyl (C=O) groups excluding carboxylic acids is 1. The average Bonchev–Trinajstić information content (AvgIpc) is 3.04. The summed E-state index contributed by atoms with van der Waals surface area (Å²) in [6.45, 7) is 4.06. The van der Waals surface area contributed by atoms with Gasteiger partial charge in [-0.05, 0) is 24.8 Å². The lowest BCUT2D eigenvalue weighted by molar-refractivity contribution is -0.118. The molecule has 0 atom stereocenters. The van der Waals surface area contributed by atoms with E-state index in [2.05, 4.69) is 17.2 Å². The number of carbonyl (C=O) groups is 1. The lowest BCUT2D eigenvalue weighted by atomic mass is 10.2. The van der Waals surface area contributed by atoms with Crippen LogP contribution in [0, 0.1) is 6.92 Å². The van der Waals surface area contributed by atoms with Crippen LogP contribution in [0.2, 0.25) is 0 Å². The summed E-state index contributed by atoms with van der Waals surface area (Å²) in [6.07, 6.45) is 0. The largest absolute Gasteiger partial charge is 0.484 e. The predicted molar refractivity (Wildman–Crippen MR) is 109 cm³/mol. The highest BCUT2D eigenvalue weighted by atomic mass is 32.2. The topological polar surface area (TPSA) is 51.2 Å². The van der Waals surface area contributed by atoms with Gasteiger partial charge in [-0.1, -0.05) is 78.1 Å². The van der Waals surface area contributed by atoms with Crippen LogP contribution in [0.1, 0.15) is 12.5 Å². The van der Waals surface area contributed by atoms with E-state index in [0.29, 0.717) is 5.75 Å². The molecule has 1 aromatic heterocycles. The smallest absolute Gasteiger partial charge is 0.262 e. The Morgan fingerprint density at radius 3 is 2.58 bits per heavy atom. The Morgan fingerprint density at radius 2 is 1.88 bits per heavy atom. The quantitative estimate of drug-likeness (QED) is 0.565. The maximum absolute atomic E-state index is 12.3. The Morgan fingerprint density at radius 1 is 1.15 bits per heavy atom. The van der Waals surface area contributed by atoms with E-state index >= 15 is 0 Å². The van der Waals surface area contributed by atoms with Crippen LogP contribution >= 0.6 is 23.1 Å². The molecule has 1 N–H and O–H groups in total. The fraction of sp³-hybridized carbons (Fsp3) is 0.200. The Kier molecular flexibility index (Phi) is 6.30. The van der Waals surface area contributed by atoms with Crippen molar-refractivity contribution in [2.75, 3.05) is 17.7 Å². The van der Waals surface area contributed by atoms with Crippen LogP contribution in [0.5, 0.6) is 5.75 Å². The Labute approximate surface area is 161 Å². The number of aromatic nitrogens is 1. The summed E-state index contributed by atoms with van der Waals surface area (Å²) in [6, 6.07) is 17.5. The van der Waals surface area contributed by atoms with E-state index in [1.807, 2.05) is 61.5 Å². The number of hydrogen-bond acceptors (Lipinski definition) is 5. The molecule has 26 heavy (non-hydrogen) atoms. The van der Waals surface area contributed by atoms with Crippen LogP contribution in [-0.2, 0) is 4.79 Å². The number of rotatable bonds is 7. The molecule has 0 unspecified atom stereocenters. The number of aryl methyl sites for hydroxylation is 1. The summed E-state index contributed by atoms with van der Waals surface area (Å²) < 4.78 is 6.51. The zero-order chi connectivity index (χ0) is 18.4. The van der Waals surface area contributed by atoms with Gasteiger partial charge in [-0.3, -0.25) is 4.79 Å². The first-order valence-electron chi connectivity index (χ1n) is 8.34. The third-order valence-corrected chi connectivity index (χ3v) is 5.56. The van der Waals surface area contributed by atoms with Crippen molar-refractivity contribution >= 4 is 34.0 Å². The minimum atomic E-state index is -0.195. The molecule has 0 aliphatic carbocycles. The molecule has 134 valence electrons. The lowest BCUT2D eigenvalue weighted by Crippen LogP contribution is -2.19. The summed E-state index contributed by atoms with van der Waals surface area (Å²) in [4.78, 5) is 17.0. The molecule has 0 fully saturated rings. The zero-order valence-electron chi connectivity index (χ0n) is 14.7. The van der Waals surface area contributed by atoms with E-state index in [9.17, 15) is 4.79 Å². The fourth-order valence-corrected chi connectivity index (χ4v) is 4.29. The minimum Gasteiger partial charge on any atom is -0.484 e. The molecule has 3 rings (SSSR count). The number of thiazole rings is 1. The third kappa shape index (κ3) is 4.86. The van der Waals surface area contributed by atoms with Gasteiger partial charge in [0.05, 0.1) is 0 Å². The second-order valence-corrected chi connectivity index (χ2v) is 8.12. The van der Waals surface area contributed by atoms with Gasteiger partial charge in [-0.25, -0.2) is 4.98 Å². The first-order chi connectivity index (χ1) is 12.7. The van der Waals surface area contributed by atoms with Crippen molar-refractivity contribution in [1.29, 1.82) is 0 Å². The SMILES string of the molecule is CCSc1nc(-c2ccccc2)c(NC(=O)COc2ccc(C)cc2)s1. The van der Waals surface area contributed by atoms with E-state index in [0.717, 1.165) is 31.9 Å². The number of nitrogens with one attached hydrogen (secondary N) is 1. The molecule has 0 aliphatic heterocycles. The first kappa shape index (κ1) is 18.5. The van der Waals surface area contributed by atoms with Crippen molar-refractivity contribution in [3.63, 3.8) is 0 Å². The van der Waals surface area contributed by atoms with Gasteiger partial charge < -0.3 is 10.1 Å². The highest BCUT2D eigenvalue weighted by molar-refractivity contribution is 8.01. The van der Waals surface area contributed by atoms with E-state index in [1.54, 1.807) is 11.8 Å². The van der Waals surface area contributed by atoms with Crippen LogP contribution in [-0.4, -0.2) is 23.3 Å². The molecule has 1 heterocycles. The number of ether oxygens (including phenoxy) is 1. The van der Waals surface area contributed by atoms with Crippen LogP contribution in [0.15, 0.2) is 58.9 Å². The van der Waals surface area contributed by atoms with Gasteiger partial charge in [-0.2, -0.15) is 0 Å². The molecule has 0 spiro atoms. The monoisotopic (exact) mass is 384 g/mol. The number of amides is 1. The second-order valence-electron chi connectivity index (χ2n) is 5.61. The predicted octanol–water partition coefficient (Wildman–Crippen LogP) is 5.25. The van der Waals surface area contributed by atoms with E-state index in [4.69, 9.17) is 4.74 Å². The molecule has 3 aromatic rings. The van der Waals surface area contributed by atoms with Gasteiger partial charge in [-0.15, -0.1) is 0 Å². The Hall–Kier alpha value is -2.31. The standard InChI is InChI=1S/C20H20N2O2S2/c1-3-25-20-22-18(15-7-5-4-6-8-15)19(26-20)21-17(23)13-24-16-11-9-14(2)10-12-16/h4-12H,3,13H2,1-2H3,(H,21,23). The molecule has 0 aliphatic rings. The second kappa shape index (κ2) is 8.87. The molecule has 0 bridgehead atoms. The van der Waals surface area contributed by atoms with Gasteiger partial charge in [0.1, 0.15) is 16.4 Å². The molecule has 0 saturated heterocycles. The normalized spacial score (nSPS) is 10.5.